The van der Waals surface area contributed by atoms with E-state index in [0.717, 1.165) is 13.0 Å². The number of amides is 1. The molecule has 1 amide bonds. The lowest BCUT2D eigenvalue weighted by atomic mass is 10.0. The first-order chi connectivity index (χ1) is 11.6. The van der Waals surface area contributed by atoms with Gasteiger partial charge in [-0.15, -0.1) is 0 Å². The molecule has 2 rings (SSSR count). The van der Waals surface area contributed by atoms with Gasteiger partial charge in [-0.3, -0.25) is 4.79 Å². The molecule has 1 saturated heterocycles. The molecule has 2 atom stereocenters. The number of aryl methyl sites for hydroxylation is 1. The van der Waals surface area contributed by atoms with Gasteiger partial charge in [0.1, 0.15) is 11.9 Å². The second kappa shape index (κ2) is 9.71. The van der Waals surface area contributed by atoms with Crippen molar-refractivity contribution >= 4 is 5.91 Å². The topological polar surface area (TPSA) is 50.8 Å². The Morgan fingerprint density at radius 1 is 1.42 bits per heavy atom. The van der Waals surface area contributed by atoms with Crippen LogP contribution in [0.25, 0.3) is 0 Å². The Morgan fingerprint density at radius 2 is 2.21 bits per heavy atom. The maximum absolute atomic E-state index is 13.6. The van der Waals surface area contributed by atoms with E-state index in [2.05, 4.69) is 5.32 Å². The van der Waals surface area contributed by atoms with E-state index in [-0.39, 0.29) is 30.3 Å². The first kappa shape index (κ1) is 18.8. The number of nitrogens with one attached hydrogen (secondary N) is 1. The first-order valence-corrected chi connectivity index (χ1v) is 8.43. The molecule has 0 saturated carbocycles. The van der Waals surface area contributed by atoms with Crippen LogP contribution in [0.4, 0.5) is 4.39 Å². The molecule has 5 nitrogen and oxygen atoms in total. The maximum atomic E-state index is 13.6. The monoisotopic (exact) mass is 338 g/mol. The minimum Gasteiger partial charge on any atom is -0.379 e. The fourth-order valence-electron chi connectivity index (χ4n) is 2.66. The smallest absolute Gasteiger partial charge is 0.220 e. The molecular weight excluding hydrogens is 311 g/mol. The third-order valence-electron chi connectivity index (χ3n) is 4.10. The molecule has 1 aromatic rings. The summed E-state index contributed by atoms with van der Waals surface area (Å²) in [6.45, 7) is 2.53. The number of likely N-dealkylation sites (N-methyl/N-ethyl adjacent to an activating group) is 1. The van der Waals surface area contributed by atoms with Crippen molar-refractivity contribution in [1.29, 1.82) is 0 Å². The quantitative estimate of drug-likeness (QED) is 0.782. The van der Waals surface area contributed by atoms with E-state index in [1.54, 1.807) is 18.2 Å². The highest BCUT2D eigenvalue weighted by molar-refractivity contribution is 5.76. The standard InChI is InChI=1S/C18H27FN2O3/c1-21(2)10-12-24-17-13-23-11-9-16(17)20-18(22)8-7-14-5-3-4-6-15(14)19/h3-6,16-17H,7-13H2,1-2H3,(H,20,22)/t16-,17-/m1/s1. The first-order valence-electron chi connectivity index (χ1n) is 8.43. The fourth-order valence-corrected chi connectivity index (χ4v) is 2.66. The number of benzene rings is 1. The zero-order chi connectivity index (χ0) is 17.4. The fraction of sp³-hybridized carbons (Fsp3) is 0.611. The lowest BCUT2D eigenvalue weighted by Gasteiger charge is -2.32. The Bertz CT molecular complexity index is 525. The van der Waals surface area contributed by atoms with Gasteiger partial charge in [-0.25, -0.2) is 4.39 Å². The van der Waals surface area contributed by atoms with Gasteiger partial charge >= 0.3 is 0 Å². The lowest BCUT2D eigenvalue weighted by Crippen LogP contribution is -2.50. The Labute approximate surface area is 143 Å². The van der Waals surface area contributed by atoms with E-state index in [4.69, 9.17) is 9.47 Å². The molecule has 1 aromatic carbocycles. The van der Waals surface area contributed by atoms with Crippen molar-refractivity contribution in [2.75, 3.05) is 40.5 Å². The molecule has 1 fully saturated rings. The third kappa shape index (κ3) is 6.19. The summed E-state index contributed by atoms with van der Waals surface area (Å²) in [4.78, 5) is 14.2. The predicted molar refractivity (Wildman–Crippen MR) is 90.4 cm³/mol. The van der Waals surface area contributed by atoms with Gasteiger partial charge in [-0.05, 0) is 38.6 Å². The van der Waals surface area contributed by atoms with Gasteiger partial charge in [-0.1, -0.05) is 18.2 Å². The number of hydrogen-bond acceptors (Lipinski definition) is 4. The molecular formula is C18H27FN2O3. The van der Waals surface area contributed by atoms with Gasteiger partial charge in [0.05, 0.1) is 19.3 Å². The van der Waals surface area contributed by atoms with Crippen LogP contribution in [0.2, 0.25) is 0 Å². The molecule has 1 heterocycles. The van der Waals surface area contributed by atoms with Gasteiger partial charge in [0.25, 0.3) is 0 Å². The molecule has 6 heteroatoms. The number of nitrogens with zero attached hydrogens (tertiary/aromatic N) is 1. The van der Waals surface area contributed by atoms with Crippen molar-refractivity contribution in [2.45, 2.75) is 31.4 Å². The average molecular weight is 338 g/mol. The third-order valence-corrected chi connectivity index (χ3v) is 4.10. The zero-order valence-electron chi connectivity index (χ0n) is 14.5. The lowest BCUT2D eigenvalue weighted by molar-refractivity contribution is -0.126. The second-order valence-electron chi connectivity index (χ2n) is 6.34. The molecule has 1 aliphatic rings. The molecule has 0 bridgehead atoms. The normalized spacial score (nSPS) is 21.0. The molecule has 0 radical (unpaired) electrons. The highest BCUT2D eigenvalue weighted by Gasteiger charge is 2.27. The molecule has 1 aliphatic heterocycles. The number of ether oxygens (including phenoxy) is 2. The van der Waals surface area contributed by atoms with Crippen molar-refractivity contribution in [3.8, 4) is 0 Å². The summed E-state index contributed by atoms with van der Waals surface area (Å²) in [5.74, 6) is -0.340. The van der Waals surface area contributed by atoms with Gasteiger partial charge < -0.3 is 19.7 Å². The number of rotatable bonds is 8. The van der Waals surface area contributed by atoms with E-state index in [9.17, 15) is 9.18 Å². The molecule has 0 aromatic heterocycles. The Balaban J connectivity index is 1.78. The van der Waals surface area contributed by atoms with Crippen LogP contribution in [0.15, 0.2) is 24.3 Å². The predicted octanol–water partition coefficient (Wildman–Crippen LogP) is 1.61. The number of carbonyl (C=O) groups excluding carboxylic acids is 1. The molecule has 0 spiro atoms. The Morgan fingerprint density at radius 3 is 2.96 bits per heavy atom. The minimum atomic E-state index is -0.263. The van der Waals surface area contributed by atoms with E-state index in [1.807, 2.05) is 19.0 Å². The summed E-state index contributed by atoms with van der Waals surface area (Å²) in [6, 6.07) is 6.51. The van der Waals surface area contributed by atoms with E-state index in [1.165, 1.54) is 6.07 Å². The molecule has 134 valence electrons. The summed E-state index contributed by atoms with van der Waals surface area (Å²) in [6.07, 6.45) is 1.27. The summed E-state index contributed by atoms with van der Waals surface area (Å²) in [5, 5.41) is 3.02. The van der Waals surface area contributed by atoms with E-state index in [0.29, 0.717) is 31.8 Å². The van der Waals surface area contributed by atoms with E-state index < -0.39 is 0 Å². The van der Waals surface area contributed by atoms with E-state index >= 15 is 0 Å². The molecule has 24 heavy (non-hydrogen) atoms. The summed E-state index contributed by atoms with van der Waals surface area (Å²) in [5.41, 5.74) is 0.568. The van der Waals surface area contributed by atoms with Gasteiger partial charge in [0, 0.05) is 19.6 Å². The Kier molecular flexibility index (Phi) is 7.62. The maximum Gasteiger partial charge on any atom is 0.220 e. The van der Waals surface area contributed by atoms with Gasteiger partial charge in [0.15, 0.2) is 0 Å². The van der Waals surface area contributed by atoms with Crippen molar-refractivity contribution < 1.29 is 18.7 Å². The largest absolute Gasteiger partial charge is 0.379 e. The SMILES string of the molecule is CN(C)CCO[C@@H]1COCC[C@H]1NC(=O)CCc1ccccc1F. The van der Waals surface area contributed by atoms with Crippen LogP contribution in [0.5, 0.6) is 0 Å². The van der Waals surface area contributed by atoms with Crippen molar-refractivity contribution in [3.63, 3.8) is 0 Å². The molecule has 0 aliphatic carbocycles. The van der Waals surface area contributed by atoms with Crippen molar-refractivity contribution in [2.24, 2.45) is 0 Å². The number of carbonyl (C=O) groups is 1. The van der Waals surface area contributed by atoms with Crippen LogP contribution in [0, 0.1) is 5.82 Å². The highest BCUT2D eigenvalue weighted by Crippen LogP contribution is 2.13. The Hall–Kier alpha value is -1.50. The van der Waals surface area contributed by atoms with Crippen LogP contribution in [0.1, 0.15) is 18.4 Å². The summed E-state index contributed by atoms with van der Waals surface area (Å²) < 4.78 is 24.9. The van der Waals surface area contributed by atoms with Crippen LogP contribution in [-0.4, -0.2) is 63.4 Å². The molecule has 0 unspecified atom stereocenters. The van der Waals surface area contributed by atoms with Gasteiger partial charge in [0.2, 0.25) is 5.91 Å². The summed E-state index contributed by atoms with van der Waals surface area (Å²) in [7, 11) is 3.98. The van der Waals surface area contributed by atoms with Crippen LogP contribution >= 0.6 is 0 Å². The summed E-state index contributed by atoms with van der Waals surface area (Å²) >= 11 is 0. The highest BCUT2D eigenvalue weighted by atomic mass is 19.1. The molecule has 1 N–H and O–H groups in total. The van der Waals surface area contributed by atoms with Gasteiger partial charge in [-0.2, -0.15) is 0 Å². The number of hydrogen-bond donors (Lipinski definition) is 1. The van der Waals surface area contributed by atoms with Crippen LogP contribution < -0.4 is 5.32 Å². The van der Waals surface area contributed by atoms with Crippen molar-refractivity contribution in [3.05, 3.63) is 35.6 Å². The minimum absolute atomic E-state index is 0.0472. The zero-order valence-corrected chi connectivity index (χ0v) is 14.5. The van der Waals surface area contributed by atoms with Crippen molar-refractivity contribution in [1.82, 2.24) is 10.2 Å². The van der Waals surface area contributed by atoms with Crippen LogP contribution in [0.3, 0.4) is 0 Å². The average Bonchev–Trinajstić information content (AvgIpc) is 2.55. The second-order valence-corrected chi connectivity index (χ2v) is 6.34. The van der Waals surface area contributed by atoms with Crippen LogP contribution in [-0.2, 0) is 20.7 Å². The number of halogens is 1.